The van der Waals surface area contributed by atoms with Gasteiger partial charge in [-0.25, -0.2) is 13.2 Å². The molecule has 1 unspecified atom stereocenters. The van der Waals surface area contributed by atoms with Crippen LogP contribution in [0, 0.1) is 6.92 Å². The van der Waals surface area contributed by atoms with E-state index in [1.165, 1.54) is 0 Å². The lowest BCUT2D eigenvalue weighted by atomic mass is 9.92. The second-order valence-electron chi connectivity index (χ2n) is 9.04. The van der Waals surface area contributed by atoms with Crippen LogP contribution in [0.25, 0.3) is 0 Å². The normalized spacial score (nSPS) is 17.0. The van der Waals surface area contributed by atoms with Crippen molar-refractivity contribution in [1.29, 1.82) is 0 Å². The predicted octanol–water partition coefficient (Wildman–Crippen LogP) is 2.49. The van der Waals surface area contributed by atoms with Gasteiger partial charge < -0.3 is 15.3 Å². The summed E-state index contributed by atoms with van der Waals surface area (Å²) in [5.74, 6) is -0.0360. The molecule has 1 atom stereocenters. The van der Waals surface area contributed by atoms with Gasteiger partial charge in [0.2, 0.25) is 5.91 Å². The van der Waals surface area contributed by atoms with Gasteiger partial charge >= 0.3 is 6.09 Å². The highest BCUT2D eigenvalue weighted by molar-refractivity contribution is 7.92. The monoisotopic (exact) mass is 474 g/mol. The third-order valence-electron chi connectivity index (χ3n) is 5.54. The molecule has 2 aromatic rings. The molecule has 0 aliphatic carbocycles. The molecule has 0 aromatic heterocycles. The first kappa shape index (κ1) is 24.5. The minimum absolute atomic E-state index is 0.0360. The second-order valence-corrected chi connectivity index (χ2v) is 10.7. The topological polar surface area (TPSA) is 128 Å². The molecule has 33 heavy (non-hydrogen) atoms. The Balaban J connectivity index is 1.98. The van der Waals surface area contributed by atoms with Crippen LogP contribution in [0.5, 0.6) is 0 Å². The van der Waals surface area contributed by atoms with Gasteiger partial charge in [-0.05, 0) is 56.5 Å². The first-order valence-electron chi connectivity index (χ1n) is 10.6. The van der Waals surface area contributed by atoms with Gasteiger partial charge in [-0.15, -0.1) is 0 Å². The summed E-state index contributed by atoms with van der Waals surface area (Å²) in [7, 11) is -2.15. The fraction of sp³-hybridized carbons (Fsp3) is 0.391. The molecule has 1 fully saturated rings. The van der Waals surface area contributed by atoms with E-state index >= 15 is 0 Å². The SMILES string of the molecule is Cc1ccc(S(=O)(=O)Nc2cc(CC(C)(C)NC(=O)O)ccc2C2CN(C)C(=O)CN2)cc1. The number of piperazine rings is 1. The molecule has 1 aliphatic rings. The lowest BCUT2D eigenvalue weighted by molar-refractivity contribution is -0.131. The van der Waals surface area contributed by atoms with Crippen molar-refractivity contribution in [1.82, 2.24) is 15.5 Å². The van der Waals surface area contributed by atoms with E-state index in [1.54, 1.807) is 56.1 Å². The van der Waals surface area contributed by atoms with Crippen LogP contribution in [0.15, 0.2) is 47.4 Å². The number of anilines is 1. The molecule has 1 aliphatic heterocycles. The van der Waals surface area contributed by atoms with Crippen LogP contribution in [0.2, 0.25) is 0 Å². The Bertz CT molecular complexity index is 1150. The number of sulfonamides is 1. The van der Waals surface area contributed by atoms with Crippen molar-refractivity contribution in [3.05, 3.63) is 59.2 Å². The van der Waals surface area contributed by atoms with Crippen LogP contribution < -0.4 is 15.4 Å². The molecule has 178 valence electrons. The number of likely N-dealkylation sites (N-methyl/N-ethyl adjacent to an activating group) is 1. The van der Waals surface area contributed by atoms with E-state index in [9.17, 15) is 18.0 Å². The molecule has 10 heteroatoms. The maximum atomic E-state index is 13.1. The van der Waals surface area contributed by atoms with Gasteiger partial charge in [0.25, 0.3) is 10.0 Å². The molecule has 2 amide bonds. The smallest absolute Gasteiger partial charge is 0.405 e. The number of benzene rings is 2. The van der Waals surface area contributed by atoms with Crippen molar-refractivity contribution >= 4 is 27.7 Å². The Morgan fingerprint density at radius 3 is 2.48 bits per heavy atom. The van der Waals surface area contributed by atoms with Gasteiger partial charge in [-0.3, -0.25) is 14.8 Å². The summed E-state index contributed by atoms with van der Waals surface area (Å²) < 4.78 is 28.9. The van der Waals surface area contributed by atoms with Crippen molar-refractivity contribution in [2.75, 3.05) is 24.9 Å². The van der Waals surface area contributed by atoms with E-state index in [4.69, 9.17) is 5.11 Å². The Labute approximate surface area is 194 Å². The molecule has 9 nitrogen and oxygen atoms in total. The van der Waals surface area contributed by atoms with Crippen LogP contribution in [0.3, 0.4) is 0 Å². The van der Waals surface area contributed by atoms with Crippen molar-refractivity contribution in [2.24, 2.45) is 0 Å². The molecule has 4 N–H and O–H groups in total. The Morgan fingerprint density at radius 1 is 1.21 bits per heavy atom. The van der Waals surface area contributed by atoms with E-state index in [0.29, 0.717) is 24.2 Å². The Morgan fingerprint density at radius 2 is 1.88 bits per heavy atom. The lowest BCUT2D eigenvalue weighted by Gasteiger charge is -2.32. The molecule has 1 heterocycles. The van der Waals surface area contributed by atoms with E-state index in [2.05, 4.69) is 15.4 Å². The van der Waals surface area contributed by atoms with Crippen LogP contribution in [0.4, 0.5) is 10.5 Å². The van der Waals surface area contributed by atoms with Crippen LogP contribution >= 0.6 is 0 Å². The van der Waals surface area contributed by atoms with E-state index < -0.39 is 21.7 Å². The zero-order chi connectivity index (χ0) is 24.4. The van der Waals surface area contributed by atoms with E-state index in [-0.39, 0.29) is 23.4 Å². The summed E-state index contributed by atoms with van der Waals surface area (Å²) in [4.78, 5) is 24.8. The van der Waals surface area contributed by atoms with Crippen molar-refractivity contribution < 1.29 is 23.1 Å². The molecule has 3 rings (SSSR count). The first-order valence-corrected chi connectivity index (χ1v) is 12.1. The quantitative estimate of drug-likeness (QED) is 0.488. The third kappa shape index (κ3) is 6.23. The van der Waals surface area contributed by atoms with Gasteiger partial charge in [0, 0.05) is 19.1 Å². The highest BCUT2D eigenvalue weighted by Gasteiger charge is 2.28. The summed E-state index contributed by atoms with van der Waals surface area (Å²) in [5, 5.41) is 14.7. The number of aryl methyl sites for hydroxylation is 1. The van der Waals surface area contributed by atoms with Gasteiger partial charge in [0.05, 0.1) is 23.2 Å². The van der Waals surface area contributed by atoms with Gasteiger partial charge in [0.15, 0.2) is 0 Å². The minimum Gasteiger partial charge on any atom is -0.465 e. The molecular weight excluding hydrogens is 444 g/mol. The number of nitrogens with one attached hydrogen (secondary N) is 3. The number of carboxylic acid groups (broad SMARTS) is 1. The maximum absolute atomic E-state index is 13.1. The largest absolute Gasteiger partial charge is 0.465 e. The third-order valence-corrected chi connectivity index (χ3v) is 6.92. The lowest BCUT2D eigenvalue weighted by Crippen LogP contribution is -2.48. The van der Waals surface area contributed by atoms with Gasteiger partial charge in [-0.1, -0.05) is 29.8 Å². The molecule has 2 aromatic carbocycles. The highest BCUT2D eigenvalue weighted by atomic mass is 32.2. The minimum atomic E-state index is -3.86. The summed E-state index contributed by atoms with van der Waals surface area (Å²) in [6.45, 7) is 5.94. The van der Waals surface area contributed by atoms with Crippen molar-refractivity contribution in [3.63, 3.8) is 0 Å². The van der Waals surface area contributed by atoms with Gasteiger partial charge in [-0.2, -0.15) is 0 Å². The molecule has 0 radical (unpaired) electrons. The number of carbonyl (C=O) groups is 2. The summed E-state index contributed by atoms with van der Waals surface area (Å²) in [5.41, 5.74) is 2.05. The average molecular weight is 475 g/mol. The number of hydrogen-bond acceptors (Lipinski definition) is 5. The first-order chi connectivity index (χ1) is 15.4. The zero-order valence-corrected chi connectivity index (χ0v) is 20.0. The van der Waals surface area contributed by atoms with E-state index in [1.807, 2.05) is 19.1 Å². The molecular formula is C23H30N4O5S. The summed E-state index contributed by atoms with van der Waals surface area (Å²) >= 11 is 0. The van der Waals surface area contributed by atoms with Gasteiger partial charge in [0.1, 0.15) is 0 Å². The Kier molecular flexibility index (Phi) is 6.99. The molecule has 0 spiro atoms. The fourth-order valence-corrected chi connectivity index (χ4v) is 4.94. The summed E-state index contributed by atoms with van der Waals surface area (Å²) in [6, 6.07) is 11.7. The summed E-state index contributed by atoms with van der Waals surface area (Å²) in [6.07, 6.45) is -0.772. The molecule has 0 bridgehead atoms. The Hall–Kier alpha value is -3.11. The van der Waals surface area contributed by atoms with Crippen molar-refractivity contribution in [3.8, 4) is 0 Å². The molecule has 1 saturated heterocycles. The van der Waals surface area contributed by atoms with Crippen LogP contribution in [0.1, 0.15) is 36.6 Å². The van der Waals surface area contributed by atoms with Crippen LogP contribution in [-0.2, 0) is 21.2 Å². The number of nitrogens with zero attached hydrogens (tertiary/aromatic N) is 1. The predicted molar refractivity (Wildman–Crippen MR) is 126 cm³/mol. The standard InChI is InChI=1S/C23H30N4O5S/c1-15-5-8-17(9-6-15)33(31,32)26-19-11-16(12-23(2,3)25-22(29)30)7-10-18(19)20-14-27(4)21(28)13-24-20/h5-11,20,24-26H,12-14H2,1-4H3,(H,29,30). The number of hydrogen-bond donors (Lipinski definition) is 4. The maximum Gasteiger partial charge on any atom is 0.405 e. The average Bonchev–Trinajstić information content (AvgIpc) is 2.69. The number of carbonyl (C=O) groups excluding carboxylic acids is 1. The van der Waals surface area contributed by atoms with Crippen LogP contribution in [-0.4, -0.2) is 56.1 Å². The zero-order valence-electron chi connectivity index (χ0n) is 19.2. The fourth-order valence-electron chi connectivity index (χ4n) is 3.86. The second kappa shape index (κ2) is 9.40. The van der Waals surface area contributed by atoms with E-state index in [0.717, 1.165) is 11.1 Å². The molecule has 0 saturated carbocycles. The van der Waals surface area contributed by atoms with Crippen molar-refractivity contribution in [2.45, 2.75) is 43.7 Å². The highest BCUT2D eigenvalue weighted by Crippen LogP contribution is 2.30. The number of rotatable bonds is 7. The number of amides is 2.